The number of nitrogens with one attached hydrogen (secondary N) is 2. The van der Waals surface area contributed by atoms with Gasteiger partial charge in [-0.15, -0.1) is 0 Å². The highest BCUT2D eigenvalue weighted by atomic mass is 16.3. The highest BCUT2D eigenvalue weighted by Crippen LogP contribution is 2.18. The molecule has 0 saturated heterocycles. The molecule has 0 aliphatic rings. The molecule has 134 valence electrons. The summed E-state index contributed by atoms with van der Waals surface area (Å²) in [6.45, 7) is 6.05. The summed E-state index contributed by atoms with van der Waals surface area (Å²) < 4.78 is 0. The van der Waals surface area contributed by atoms with E-state index in [1.807, 2.05) is 69.3 Å². The zero-order chi connectivity index (χ0) is 18.2. The van der Waals surface area contributed by atoms with E-state index < -0.39 is 0 Å². The third-order valence-electron chi connectivity index (χ3n) is 4.44. The summed E-state index contributed by atoms with van der Waals surface area (Å²) in [7, 11) is 0. The van der Waals surface area contributed by atoms with Crippen molar-refractivity contribution in [2.45, 2.75) is 45.7 Å². The normalized spacial score (nSPS) is 13.3. The van der Waals surface area contributed by atoms with Crippen molar-refractivity contribution in [3.8, 4) is 0 Å². The van der Waals surface area contributed by atoms with Crippen molar-refractivity contribution >= 4 is 11.6 Å². The van der Waals surface area contributed by atoms with Gasteiger partial charge in [0, 0.05) is 24.2 Å². The molecule has 1 amide bonds. The van der Waals surface area contributed by atoms with Crippen LogP contribution in [0.25, 0.3) is 0 Å². The van der Waals surface area contributed by atoms with E-state index in [1.54, 1.807) is 0 Å². The highest BCUT2D eigenvalue weighted by Gasteiger charge is 2.15. The van der Waals surface area contributed by atoms with Crippen LogP contribution < -0.4 is 10.6 Å². The lowest BCUT2D eigenvalue weighted by molar-refractivity contribution is -0.116. The number of aliphatic hydroxyl groups is 1. The number of carbonyl (C=O) groups excluding carboxylic acids is 1. The summed E-state index contributed by atoms with van der Waals surface area (Å²) in [5.74, 6) is -0.0231. The average Bonchev–Trinajstić information content (AvgIpc) is 2.59. The maximum Gasteiger partial charge on any atom is 0.225 e. The number of aliphatic hydroxyl groups excluding tert-OH is 1. The number of aryl methyl sites for hydroxylation is 1. The van der Waals surface area contributed by atoms with Crippen LogP contribution in [0.2, 0.25) is 0 Å². The largest absolute Gasteiger partial charge is 0.395 e. The maximum absolute atomic E-state index is 12.3. The van der Waals surface area contributed by atoms with Crippen LogP contribution in [0.15, 0.2) is 48.5 Å². The molecule has 0 bridgehead atoms. The molecule has 3 N–H and O–H groups in total. The van der Waals surface area contributed by atoms with Crippen LogP contribution in [-0.4, -0.2) is 29.7 Å². The molecule has 0 fully saturated rings. The second-order valence-electron chi connectivity index (χ2n) is 6.64. The van der Waals surface area contributed by atoms with Crippen molar-refractivity contribution in [2.24, 2.45) is 0 Å². The zero-order valence-corrected chi connectivity index (χ0v) is 15.3. The van der Waals surface area contributed by atoms with E-state index in [0.717, 1.165) is 23.2 Å². The Morgan fingerprint density at radius 1 is 1.08 bits per heavy atom. The van der Waals surface area contributed by atoms with E-state index in [9.17, 15) is 9.90 Å². The summed E-state index contributed by atoms with van der Waals surface area (Å²) in [5, 5.41) is 15.9. The number of anilines is 1. The smallest absolute Gasteiger partial charge is 0.225 e. The molecule has 0 aliphatic heterocycles. The molecule has 0 unspecified atom stereocenters. The first-order chi connectivity index (χ1) is 12.0. The van der Waals surface area contributed by atoms with Gasteiger partial charge in [0.2, 0.25) is 5.91 Å². The topological polar surface area (TPSA) is 61.4 Å². The van der Waals surface area contributed by atoms with E-state index in [4.69, 9.17) is 0 Å². The number of carbonyl (C=O) groups is 1. The predicted molar refractivity (Wildman–Crippen MR) is 103 cm³/mol. The molecule has 0 aliphatic carbocycles. The van der Waals surface area contributed by atoms with Crippen LogP contribution in [0, 0.1) is 13.8 Å². The summed E-state index contributed by atoms with van der Waals surface area (Å²) in [6, 6.07) is 15.9. The quantitative estimate of drug-likeness (QED) is 0.691. The molecule has 0 radical (unpaired) electrons. The first-order valence-electron chi connectivity index (χ1n) is 8.76. The second kappa shape index (κ2) is 9.35. The maximum atomic E-state index is 12.3. The number of benzene rings is 2. The van der Waals surface area contributed by atoms with Crippen molar-refractivity contribution in [1.82, 2.24) is 5.32 Å². The molecular weight excluding hydrogens is 312 g/mol. The lowest BCUT2D eigenvalue weighted by Gasteiger charge is -2.22. The van der Waals surface area contributed by atoms with Gasteiger partial charge < -0.3 is 15.7 Å². The molecule has 0 spiro atoms. The van der Waals surface area contributed by atoms with Crippen LogP contribution >= 0.6 is 0 Å². The third-order valence-corrected chi connectivity index (χ3v) is 4.44. The van der Waals surface area contributed by atoms with Crippen molar-refractivity contribution in [3.63, 3.8) is 0 Å². The molecule has 2 aromatic carbocycles. The van der Waals surface area contributed by atoms with Gasteiger partial charge in [0.05, 0.1) is 6.61 Å². The van der Waals surface area contributed by atoms with E-state index in [2.05, 4.69) is 10.6 Å². The minimum atomic E-state index is -0.0640. The Balaban J connectivity index is 1.86. The summed E-state index contributed by atoms with van der Waals surface area (Å²) in [6.07, 6.45) is 1.10. The predicted octanol–water partition coefficient (Wildman–Crippen LogP) is 3.21. The first kappa shape index (κ1) is 19.2. The molecule has 0 aromatic heterocycles. The Morgan fingerprint density at radius 3 is 2.48 bits per heavy atom. The molecule has 2 aromatic rings. The molecule has 25 heavy (non-hydrogen) atoms. The van der Waals surface area contributed by atoms with E-state index in [-0.39, 0.29) is 24.6 Å². The zero-order valence-electron chi connectivity index (χ0n) is 15.3. The molecule has 2 rings (SSSR count). The van der Waals surface area contributed by atoms with Gasteiger partial charge >= 0.3 is 0 Å². The van der Waals surface area contributed by atoms with Gasteiger partial charge in [-0.3, -0.25) is 4.79 Å². The molecule has 4 heteroatoms. The van der Waals surface area contributed by atoms with Crippen molar-refractivity contribution in [1.29, 1.82) is 0 Å². The van der Waals surface area contributed by atoms with Gasteiger partial charge in [0.25, 0.3) is 0 Å². The SMILES string of the molecule is Cc1cccc(NC(=O)C[C@@H](C)N[C@@H](CO)Cc2ccccc2)c1C. The van der Waals surface area contributed by atoms with Crippen LogP contribution in [0.4, 0.5) is 5.69 Å². The van der Waals surface area contributed by atoms with Crippen LogP contribution in [0.3, 0.4) is 0 Å². The fourth-order valence-electron chi connectivity index (χ4n) is 2.90. The molecule has 0 saturated carbocycles. The van der Waals surface area contributed by atoms with Crippen molar-refractivity contribution in [2.75, 3.05) is 11.9 Å². The van der Waals surface area contributed by atoms with Gasteiger partial charge in [-0.25, -0.2) is 0 Å². The van der Waals surface area contributed by atoms with E-state index in [1.165, 1.54) is 5.56 Å². The van der Waals surface area contributed by atoms with Crippen molar-refractivity contribution in [3.05, 3.63) is 65.2 Å². The molecule has 4 nitrogen and oxygen atoms in total. The van der Waals surface area contributed by atoms with Gasteiger partial charge in [0.15, 0.2) is 0 Å². The van der Waals surface area contributed by atoms with Gasteiger partial charge in [0.1, 0.15) is 0 Å². The molecular formula is C21H28N2O2. The fraction of sp³-hybridized carbons (Fsp3) is 0.381. The number of amides is 1. The minimum absolute atomic E-state index is 0.0222. The second-order valence-corrected chi connectivity index (χ2v) is 6.64. The lowest BCUT2D eigenvalue weighted by Crippen LogP contribution is -2.42. The van der Waals surface area contributed by atoms with Crippen LogP contribution in [0.5, 0.6) is 0 Å². The number of hydrogen-bond donors (Lipinski definition) is 3. The molecule has 0 heterocycles. The summed E-state index contributed by atoms with van der Waals surface area (Å²) >= 11 is 0. The lowest BCUT2D eigenvalue weighted by atomic mass is 10.0. The number of rotatable bonds is 8. The standard InChI is InChI=1S/C21H28N2O2/c1-15-8-7-11-20(17(15)3)23-21(25)12-16(2)22-19(14-24)13-18-9-5-4-6-10-18/h4-11,16,19,22,24H,12-14H2,1-3H3,(H,23,25)/t16-,19-/m1/s1. The highest BCUT2D eigenvalue weighted by molar-refractivity contribution is 5.92. The molecule has 2 atom stereocenters. The van der Waals surface area contributed by atoms with E-state index >= 15 is 0 Å². The Bertz CT molecular complexity index is 686. The summed E-state index contributed by atoms with van der Waals surface area (Å²) in [4.78, 5) is 12.3. The summed E-state index contributed by atoms with van der Waals surface area (Å²) in [5.41, 5.74) is 4.28. The Hall–Kier alpha value is -2.17. The third kappa shape index (κ3) is 6.00. The van der Waals surface area contributed by atoms with Gasteiger partial charge in [-0.1, -0.05) is 42.5 Å². The van der Waals surface area contributed by atoms with E-state index in [0.29, 0.717) is 6.42 Å². The number of hydrogen-bond acceptors (Lipinski definition) is 3. The fourth-order valence-corrected chi connectivity index (χ4v) is 2.90. The van der Waals surface area contributed by atoms with Crippen molar-refractivity contribution < 1.29 is 9.90 Å². The van der Waals surface area contributed by atoms with Gasteiger partial charge in [-0.2, -0.15) is 0 Å². The minimum Gasteiger partial charge on any atom is -0.395 e. The first-order valence-corrected chi connectivity index (χ1v) is 8.76. The van der Waals surface area contributed by atoms with Crippen LogP contribution in [-0.2, 0) is 11.2 Å². The van der Waals surface area contributed by atoms with Crippen LogP contribution in [0.1, 0.15) is 30.0 Å². The average molecular weight is 340 g/mol. The Morgan fingerprint density at radius 2 is 1.80 bits per heavy atom. The Labute approximate surface area is 150 Å². The monoisotopic (exact) mass is 340 g/mol. The van der Waals surface area contributed by atoms with Gasteiger partial charge in [-0.05, 0) is 49.9 Å². The Kier molecular flexibility index (Phi) is 7.16.